The van der Waals surface area contributed by atoms with Gasteiger partial charge in [0.1, 0.15) is 11.6 Å². The van der Waals surface area contributed by atoms with E-state index in [0.29, 0.717) is 13.0 Å². The van der Waals surface area contributed by atoms with Crippen LogP contribution in [0.15, 0.2) is 72.8 Å². The molecule has 0 aliphatic carbocycles. The molecule has 0 saturated carbocycles. The van der Waals surface area contributed by atoms with E-state index >= 15 is 0 Å². The summed E-state index contributed by atoms with van der Waals surface area (Å²) in [5.41, 5.74) is 5.47. The Bertz CT molecular complexity index is 1260. The molecule has 1 aromatic heterocycles. The molecular formula is C26H25N3O2. The maximum Gasteiger partial charge on any atom is 0.227 e. The average Bonchev–Trinajstić information content (AvgIpc) is 3.36. The number of para-hydroxylation sites is 2. The number of rotatable bonds is 5. The minimum Gasteiger partial charge on any atom is -0.497 e. The summed E-state index contributed by atoms with van der Waals surface area (Å²) in [6.07, 6.45) is 0.453. The lowest BCUT2D eigenvalue weighted by Crippen LogP contribution is -2.24. The molecule has 1 aliphatic heterocycles. The summed E-state index contributed by atoms with van der Waals surface area (Å²) in [5, 5.41) is 0. The number of amides is 1. The maximum absolute atomic E-state index is 12.9. The van der Waals surface area contributed by atoms with Crippen molar-refractivity contribution < 1.29 is 9.53 Å². The molecule has 1 amide bonds. The number of nitrogens with zero attached hydrogens (tertiary/aromatic N) is 3. The van der Waals surface area contributed by atoms with Crippen LogP contribution in [0, 0.1) is 6.92 Å². The maximum atomic E-state index is 12.9. The molecule has 0 bridgehead atoms. The normalized spacial score (nSPS) is 16.3. The highest BCUT2D eigenvalue weighted by molar-refractivity contribution is 5.96. The van der Waals surface area contributed by atoms with Gasteiger partial charge in [0, 0.05) is 37.2 Å². The second kappa shape index (κ2) is 7.91. The number of carbonyl (C=O) groups excluding carboxylic acids is 1. The zero-order valence-electron chi connectivity index (χ0n) is 17.8. The standard InChI is InChI=1S/C26H25N3O2/c1-18-8-3-4-9-19(18)16-29-24-13-6-5-12-23(24)27-26(29)20-14-25(30)28(17-20)21-10-7-11-22(15-21)31-2/h3-13,15,20H,14,16-17H2,1-2H3/t20-/m1/s1. The molecule has 2 heterocycles. The summed E-state index contributed by atoms with van der Waals surface area (Å²) in [5.74, 6) is 1.88. The molecular weight excluding hydrogens is 386 g/mol. The molecule has 1 saturated heterocycles. The summed E-state index contributed by atoms with van der Waals surface area (Å²) in [7, 11) is 1.64. The van der Waals surface area contributed by atoms with Crippen LogP contribution in [0.1, 0.15) is 29.3 Å². The molecule has 5 nitrogen and oxygen atoms in total. The third kappa shape index (κ3) is 3.56. The van der Waals surface area contributed by atoms with Gasteiger partial charge in [0.25, 0.3) is 0 Å². The highest BCUT2D eigenvalue weighted by atomic mass is 16.5. The SMILES string of the molecule is COc1cccc(N2C[C@H](c3nc4ccccc4n3Cc3ccccc3C)CC2=O)c1. The van der Waals surface area contributed by atoms with Crippen LogP contribution < -0.4 is 9.64 Å². The van der Waals surface area contributed by atoms with Crippen molar-refractivity contribution in [1.82, 2.24) is 9.55 Å². The number of carbonyl (C=O) groups is 1. The topological polar surface area (TPSA) is 47.4 Å². The molecule has 5 heteroatoms. The largest absolute Gasteiger partial charge is 0.497 e. The minimum atomic E-state index is 0.0371. The molecule has 0 spiro atoms. The second-order valence-corrected chi connectivity index (χ2v) is 8.08. The minimum absolute atomic E-state index is 0.0371. The molecule has 1 fully saturated rings. The lowest BCUT2D eigenvalue weighted by atomic mass is 10.1. The molecule has 5 rings (SSSR count). The lowest BCUT2D eigenvalue weighted by Gasteiger charge is -2.18. The smallest absolute Gasteiger partial charge is 0.227 e. The number of hydrogen-bond acceptors (Lipinski definition) is 3. The molecule has 1 atom stereocenters. The zero-order chi connectivity index (χ0) is 21.4. The first kappa shape index (κ1) is 19.4. The number of aromatic nitrogens is 2. The zero-order valence-corrected chi connectivity index (χ0v) is 17.8. The first-order valence-electron chi connectivity index (χ1n) is 10.6. The number of aryl methyl sites for hydroxylation is 1. The van der Waals surface area contributed by atoms with E-state index < -0.39 is 0 Å². The van der Waals surface area contributed by atoms with Crippen molar-refractivity contribution in [1.29, 1.82) is 0 Å². The first-order valence-corrected chi connectivity index (χ1v) is 10.6. The molecule has 0 unspecified atom stereocenters. The van der Waals surface area contributed by atoms with E-state index in [1.165, 1.54) is 11.1 Å². The van der Waals surface area contributed by atoms with E-state index in [0.717, 1.165) is 34.8 Å². The van der Waals surface area contributed by atoms with E-state index in [1.807, 2.05) is 47.4 Å². The van der Waals surface area contributed by atoms with Crippen molar-refractivity contribution in [2.45, 2.75) is 25.8 Å². The van der Waals surface area contributed by atoms with Crippen LogP contribution in [0.4, 0.5) is 5.69 Å². The van der Waals surface area contributed by atoms with Crippen molar-refractivity contribution >= 4 is 22.6 Å². The van der Waals surface area contributed by atoms with Crippen LogP contribution in [0.5, 0.6) is 5.75 Å². The van der Waals surface area contributed by atoms with Crippen molar-refractivity contribution in [2.24, 2.45) is 0 Å². The predicted molar refractivity (Wildman–Crippen MR) is 123 cm³/mol. The molecule has 3 aromatic carbocycles. The molecule has 1 aliphatic rings. The van der Waals surface area contributed by atoms with Gasteiger partial charge in [-0.1, -0.05) is 42.5 Å². The Balaban J connectivity index is 1.53. The van der Waals surface area contributed by atoms with Gasteiger partial charge in [-0.05, 0) is 42.3 Å². The Kier molecular flexibility index (Phi) is 4.94. The van der Waals surface area contributed by atoms with Gasteiger partial charge in [0.2, 0.25) is 5.91 Å². The molecule has 31 heavy (non-hydrogen) atoms. The van der Waals surface area contributed by atoms with Crippen molar-refractivity contribution in [3.05, 3.63) is 89.7 Å². The number of anilines is 1. The van der Waals surface area contributed by atoms with Crippen LogP contribution in [0.2, 0.25) is 0 Å². The second-order valence-electron chi connectivity index (χ2n) is 8.08. The van der Waals surface area contributed by atoms with Gasteiger partial charge in [0.15, 0.2) is 0 Å². The summed E-state index contributed by atoms with van der Waals surface area (Å²) >= 11 is 0. The van der Waals surface area contributed by atoms with Crippen molar-refractivity contribution in [3.63, 3.8) is 0 Å². The van der Waals surface area contributed by atoms with Gasteiger partial charge in [-0.15, -0.1) is 0 Å². The quantitative estimate of drug-likeness (QED) is 0.468. The third-order valence-electron chi connectivity index (χ3n) is 6.13. The van der Waals surface area contributed by atoms with Crippen molar-refractivity contribution in [2.75, 3.05) is 18.6 Å². The van der Waals surface area contributed by atoms with Gasteiger partial charge in [-0.25, -0.2) is 4.98 Å². The van der Waals surface area contributed by atoms with Gasteiger partial charge in [-0.3, -0.25) is 4.79 Å². The van der Waals surface area contributed by atoms with Crippen LogP contribution in [-0.4, -0.2) is 29.1 Å². The summed E-state index contributed by atoms with van der Waals surface area (Å²) in [6, 6.07) is 24.3. The number of hydrogen-bond donors (Lipinski definition) is 0. The van der Waals surface area contributed by atoms with Gasteiger partial charge < -0.3 is 14.2 Å². The Hall–Kier alpha value is -3.60. The third-order valence-corrected chi connectivity index (χ3v) is 6.13. The van der Waals surface area contributed by atoms with Crippen LogP contribution in [0.3, 0.4) is 0 Å². The molecule has 0 radical (unpaired) electrons. The number of benzene rings is 3. The van der Waals surface area contributed by atoms with Crippen LogP contribution in [0.25, 0.3) is 11.0 Å². The Morgan fingerprint density at radius 2 is 1.84 bits per heavy atom. The number of ether oxygens (including phenoxy) is 1. The van der Waals surface area contributed by atoms with Crippen molar-refractivity contribution in [3.8, 4) is 5.75 Å². The fourth-order valence-corrected chi connectivity index (χ4v) is 4.44. The molecule has 4 aromatic rings. The highest BCUT2D eigenvalue weighted by Gasteiger charge is 2.35. The Morgan fingerprint density at radius 1 is 1.03 bits per heavy atom. The summed E-state index contributed by atoms with van der Waals surface area (Å²) < 4.78 is 7.63. The first-order chi connectivity index (χ1) is 15.1. The van der Waals surface area contributed by atoms with Gasteiger partial charge in [0.05, 0.1) is 18.1 Å². The predicted octanol–water partition coefficient (Wildman–Crippen LogP) is 4.92. The number of fused-ring (bicyclic) bond motifs is 1. The Morgan fingerprint density at radius 3 is 2.68 bits per heavy atom. The summed E-state index contributed by atoms with van der Waals surface area (Å²) in [6.45, 7) is 3.49. The van der Waals surface area contributed by atoms with E-state index in [4.69, 9.17) is 9.72 Å². The van der Waals surface area contributed by atoms with Crippen LogP contribution >= 0.6 is 0 Å². The molecule has 156 valence electrons. The van der Waals surface area contributed by atoms with E-state index in [1.54, 1.807) is 7.11 Å². The Labute approximate surface area is 181 Å². The average molecular weight is 412 g/mol. The van der Waals surface area contributed by atoms with E-state index in [-0.39, 0.29) is 11.8 Å². The number of methoxy groups -OCH3 is 1. The summed E-state index contributed by atoms with van der Waals surface area (Å²) in [4.78, 5) is 19.8. The lowest BCUT2D eigenvalue weighted by molar-refractivity contribution is -0.117. The fraction of sp³-hybridized carbons (Fsp3) is 0.231. The van der Waals surface area contributed by atoms with Gasteiger partial charge >= 0.3 is 0 Å². The van der Waals surface area contributed by atoms with E-state index in [2.05, 4.69) is 41.8 Å². The monoisotopic (exact) mass is 411 g/mol. The van der Waals surface area contributed by atoms with E-state index in [9.17, 15) is 4.79 Å². The fourth-order valence-electron chi connectivity index (χ4n) is 4.44. The van der Waals surface area contributed by atoms with Gasteiger partial charge in [-0.2, -0.15) is 0 Å². The molecule has 0 N–H and O–H groups in total. The number of imidazole rings is 1. The van der Waals surface area contributed by atoms with Crippen LogP contribution in [-0.2, 0) is 11.3 Å². The highest BCUT2D eigenvalue weighted by Crippen LogP contribution is 2.34.